The zero-order valence-electron chi connectivity index (χ0n) is 16.0. The molecule has 0 aliphatic rings. The van der Waals surface area contributed by atoms with Crippen LogP contribution in [0.2, 0.25) is 0 Å². The second-order valence-electron chi connectivity index (χ2n) is 6.48. The Morgan fingerprint density at radius 1 is 1.16 bits per heavy atom. The highest BCUT2D eigenvalue weighted by molar-refractivity contribution is 9.09. The van der Waals surface area contributed by atoms with E-state index in [9.17, 15) is 30.4 Å². The van der Waals surface area contributed by atoms with Crippen LogP contribution in [-0.4, -0.2) is 40.1 Å². The predicted octanol–water partition coefficient (Wildman–Crippen LogP) is 4.81. The summed E-state index contributed by atoms with van der Waals surface area (Å²) in [5.41, 5.74) is -0.935. The number of alkyl halides is 6. The molecule has 0 spiro atoms. The maximum absolute atomic E-state index is 13.6. The molecule has 0 bridgehead atoms. The maximum Gasteiger partial charge on any atom is 0.433 e. The van der Waals surface area contributed by atoms with Crippen molar-refractivity contribution in [1.82, 2.24) is 14.5 Å². The van der Waals surface area contributed by atoms with Crippen LogP contribution in [0.3, 0.4) is 0 Å². The van der Waals surface area contributed by atoms with Gasteiger partial charge in [0.1, 0.15) is 22.6 Å². The van der Waals surface area contributed by atoms with Crippen molar-refractivity contribution in [2.75, 3.05) is 11.1 Å². The first kappa shape index (κ1) is 23.4. The number of aromatic nitrogens is 3. The van der Waals surface area contributed by atoms with Crippen LogP contribution in [0.4, 0.5) is 22.0 Å². The number of benzene rings is 1. The van der Waals surface area contributed by atoms with Gasteiger partial charge in [-0.3, -0.25) is 0 Å². The van der Waals surface area contributed by atoms with Crippen molar-refractivity contribution >= 4 is 36.8 Å². The Bertz CT molecular complexity index is 1240. The third-order valence-electron chi connectivity index (χ3n) is 4.39. The summed E-state index contributed by atoms with van der Waals surface area (Å²) < 4.78 is 97.3. The number of rotatable bonds is 6. The zero-order chi connectivity index (χ0) is 23.2. The molecule has 0 aliphatic heterocycles. The van der Waals surface area contributed by atoms with E-state index in [1.165, 1.54) is 24.6 Å². The second-order valence-corrected chi connectivity index (χ2v) is 9.29. The molecular weight excluding hydrogens is 513 g/mol. The summed E-state index contributed by atoms with van der Waals surface area (Å²) in [4.78, 5) is 7.20. The lowest BCUT2D eigenvalue weighted by Gasteiger charge is -2.17. The van der Waals surface area contributed by atoms with Gasteiger partial charge in [-0.1, -0.05) is 22.9 Å². The quantitative estimate of drug-likeness (QED) is 0.339. The van der Waals surface area contributed by atoms with E-state index in [2.05, 4.69) is 30.6 Å². The van der Waals surface area contributed by atoms with Gasteiger partial charge in [0.05, 0.1) is 27.9 Å². The number of ether oxygens (including phenoxy) is 1. The van der Waals surface area contributed by atoms with E-state index in [-0.39, 0.29) is 38.8 Å². The van der Waals surface area contributed by atoms with Crippen molar-refractivity contribution in [3.05, 3.63) is 36.2 Å². The van der Waals surface area contributed by atoms with Gasteiger partial charge >= 0.3 is 12.3 Å². The molecule has 0 saturated heterocycles. The van der Waals surface area contributed by atoms with E-state index in [1.807, 2.05) is 0 Å². The molecule has 3 aromatic rings. The lowest BCUT2D eigenvalue weighted by molar-refractivity contribution is -0.153. The number of imidazole rings is 1. The van der Waals surface area contributed by atoms with Gasteiger partial charge < -0.3 is 9.30 Å². The smallest absolute Gasteiger partial charge is 0.432 e. The summed E-state index contributed by atoms with van der Waals surface area (Å²) in [6, 6.07) is 4.06. The van der Waals surface area contributed by atoms with E-state index in [0.29, 0.717) is 0 Å². The van der Waals surface area contributed by atoms with Gasteiger partial charge in [0.25, 0.3) is 0 Å². The van der Waals surface area contributed by atoms with Crippen LogP contribution >= 0.6 is 15.9 Å². The SMILES string of the molecule is CCS(=O)(=O)c1cc(OC(F)(F)CBr)ccc1-c1nc2cc(C(F)(F)F)ncc2n1C. The summed E-state index contributed by atoms with van der Waals surface area (Å²) in [6.45, 7) is 1.37. The van der Waals surface area contributed by atoms with Crippen molar-refractivity contribution < 1.29 is 35.1 Å². The topological polar surface area (TPSA) is 74.1 Å². The van der Waals surface area contributed by atoms with E-state index < -0.39 is 33.1 Å². The molecule has 168 valence electrons. The number of pyridine rings is 1. The fourth-order valence-corrected chi connectivity index (χ4v) is 4.06. The van der Waals surface area contributed by atoms with Crippen LogP contribution in [0.5, 0.6) is 5.75 Å². The predicted molar refractivity (Wildman–Crippen MR) is 106 cm³/mol. The third kappa shape index (κ3) is 4.66. The molecule has 0 unspecified atom stereocenters. The van der Waals surface area contributed by atoms with E-state index in [1.54, 1.807) is 0 Å². The Labute approximate surface area is 182 Å². The van der Waals surface area contributed by atoms with Crippen LogP contribution in [0.25, 0.3) is 22.4 Å². The molecular formula is C18H15BrF5N3O3S. The minimum atomic E-state index is -4.68. The molecule has 0 atom stereocenters. The highest BCUT2D eigenvalue weighted by Crippen LogP contribution is 2.35. The standard InChI is InChI=1S/C18H15BrF5N3O3S/c1-3-31(28,29)14-6-10(30-17(20,21)9-19)4-5-11(14)16-26-12-7-15(18(22,23)24)25-8-13(12)27(16)2/h4-8H,3,9H2,1-2H3. The Morgan fingerprint density at radius 3 is 2.42 bits per heavy atom. The molecule has 0 saturated carbocycles. The number of nitrogens with zero attached hydrogens (tertiary/aromatic N) is 3. The Balaban J connectivity index is 2.22. The average Bonchev–Trinajstić information content (AvgIpc) is 3.03. The van der Waals surface area contributed by atoms with Gasteiger partial charge in [0.15, 0.2) is 9.84 Å². The lowest BCUT2D eigenvalue weighted by atomic mass is 10.2. The minimum absolute atomic E-state index is 0.0296. The van der Waals surface area contributed by atoms with E-state index in [0.717, 1.165) is 24.4 Å². The van der Waals surface area contributed by atoms with Gasteiger partial charge in [0, 0.05) is 12.6 Å². The zero-order valence-corrected chi connectivity index (χ0v) is 18.4. The fourth-order valence-electron chi connectivity index (χ4n) is 2.85. The van der Waals surface area contributed by atoms with E-state index in [4.69, 9.17) is 0 Å². The number of halogens is 6. The third-order valence-corrected chi connectivity index (χ3v) is 6.81. The van der Waals surface area contributed by atoms with Gasteiger partial charge in [-0.15, -0.1) is 0 Å². The lowest BCUT2D eigenvalue weighted by Crippen LogP contribution is -2.26. The average molecular weight is 528 g/mol. The Hall–Kier alpha value is -2.28. The molecule has 3 rings (SSSR count). The maximum atomic E-state index is 13.6. The first-order valence-electron chi connectivity index (χ1n) is 8.68. The first-order valence-corrected chi connectivity index (χ1v) is 11.5. The van der Waals surface area contributed by atoms with Crippen LogP contribution in [0, 0.1) is 0 Å². The summed E-state index contributed by atoms with van der Waals surface area (Å²) in [5.74, 6) is -0.705. The Kier molecular flexibility index (Phi) is 6.04. The summed E-state index contributed by atoms with van der Waals surface area (Å²) in [5, 5.41) is -0.809. The number of sulfone groups is 1. The fraction of sp³-hybridized carbons (Fsp3) is 0.333. The molecule has 0 radical (unpaired) electrons. The second kappa shape index (κ2) is 8.01. The van der Waals surface area contributed by atoms with Crippen LogP contribution in [0.15, 0.2) is 35.4 Å². The highest BCUT2D eigenvalue weighted by Gasteiger charge is 2.34. The van der Waals surface area contributed by atoms with Crippen LogP contribution in [-0.2, 0) is 23.1 Å². The van der Waals surface area contributed by atoms with Crippen molar-refractivity contribution in [3.63, 3.8) is 0 Å². The summed E-state index contributed by atoms with van der Waals surface area (Å²) in [7, 11) is -2.46. The van der Waals surface area contributed by atoms with Gasteiger partial charge in [-0.05, 0) is 24.3 Å². The number of fused-ring (bicyclic) bond motifs is 1. The molecule has 13 heteroatoms. The minimum Gasteiger partial charge on any atom is -0.432 e. The Morgan fingerprint density at radius 2 is 1.84 bits per heavy atom. The first-order chi connectivity index (χ1) is 14.3. The van der Waals surface area contributed by atoms with Crippen LogP contribution < -0.4 is 4.74 Å². The summed E-state index contributed by atoms with van der Waals surface area (Å²) in [6.07, 6.45) is -7.27. The molecule has 0 N–H and O–H groups in total. The number of hydrogen-bond donors (Lipinski definition) is 0. The largest absolute Gasteiger partial charge is 0.433 e. The number of hydrogen-bond acceptors (Lipinski definition) is 5. The van der Waals surface area contributed by atoms with Gasteiger partial charge in [-0.2, -0.15) is 22.0 Å². The van der Waals surface area contributed by atoms with Crippen LogP contribution in [0.1, 0.15) is 12.6 Å². The van der Waals surface area contributed by atoms with Crippen molar-refractivity contribution in [2.45, 2.75) is 24.1 Å². The monoisotopic (exact) mass is 527 g/mol. The van der Waals surface area contributed by atoms with Crippen molar-refractivity contribution in [1.29, 1.82) is 0 Å². The molecule has 6 nitrogen and oxygen atoms in total. The molecule has 2 aromatic heterocycles. The van der Waals surface area contributed by atoms with Gasteiger partial charge in [-0.25, -0.2) is 18.4 Å². The highest BCUT2D eigenvalue weighted by atomic mass is 79.9. The molecule has 0 aliphatic carbocycles. The normalized spacial score (nSPS) is 13.0. The number of aryl methyl sites for hydroxylation is 1. The molecule has 31 heavy (non-hydrogen) atoms. The van der Waals surface area contributed by atoms with E-state index >= 15 is 0 Å². The molecule has 1 aromatic carbocycles. The van der Waals surface area contributed by atoms with Crippen molar-refractivity contribution in [3.8, 4) is 17.1 Å². The van der Waals surface area contributed by atoms with Gasteiger partial charge in [0.2, 0.25) is 0 Å². The molecule has 0 amide bonds. The summed E-state index contributed by atoms with van der Waals surface area (Å²) >= 11 is 2.61. The molecule has 0 fully saturated rings. The van der Waals surface area contributed by atoms with Crippen molar-refractivity contribution in [2.24, 2.45) is 7.05 Å². The molecule has 2 heterocycles.